The molecule has 0 bridgehead atoms. The van der Waals surface area contributed by atoms with Gasteiger partial charge in [-0.3, -0.25) is 4.79 Å². The molecule has 0 aromatic heterocycles. The number of carbonyl (C=O) groups is 1. The smallest absolute Gasteiger partial charge is 0.416 e. The van der Waals surface area contributed by atoms with Crippen molar-refractivity contribution in [2.24, 2.45) is 5.92 Å². The Kier molecular flexibility index (Phi) is 5.52. The number of alkyl halides is 3. The van der Waals surface area contributed by atoms with Gasteiger partial charge in [0, 0.05) is 7.11 Å². The summed E-state index contributed by atoms with van der Waals surface area (Å²) in [4.78, 5) is 10.6. The molecule has 7 heteroatoms. The first kappa shape index (κ1) is 16.5. The van der Waals surface area contributed by atoms with Gasteiger partial charge in [0.2, 0.25) is 0 Å². The summed E-state index contributed by atoms with van der Waals surface area (Å²) in [6.45, 7) is 0.0694. The fourth-order valence-electron chi connectivity index (χ4n) is 1.76. The summed E-state index contributed by atoms with van der Waals surface area (Å²) in [5, 5.41) is 8.69. The van der Waals surface area contributed by atoms with E-state index in [0.717, 1.165) is 12.1 Å². The van der Waals surface area contributed by atoms with E-state index < -0.39 is 23.6 Å². The third-order valence-electron chi connectivity index (χ3n) is 2.92. The minimum atomic E-state index is -4.34. The maximum absolute atomic E-state index is 12.2. The lowest BCUT2D eigenvalue weighted by Gasteiger charge is -2.07. The zero-order chi connectivity index (χ0) is 15.3. The second-order valence-corrected chi connectivity index (χ2v) is 4.34. The van der Waals surface area contributed by atoms with Gasteiger partial charge in [-0.05, 0) is 36.8 Å². The number of halogens is 3. The number of methoxy groups -OCH3 is 1. The number of rotatable bonds is 3. The molecule has 2 N–H and O–H groups in total. The molecule has 2 atom stereocenters. The molecule has 0 spiro atoms. The van der Waals surface area contributed by atoms with Crippen LogP contribution in [-0.4, -0.2) is 24.9 Å². The van der Waals surface area contributed by atoms with Gasteiger partial charge >= 0.3 is 12.1 Å². The highest BCUT2D eigenvalue weighted by molar-refractivity contribution is 5.75. The van der Waals surface area contributed by atoms with E-state index in [1.807, 2.05) is 0 Å². The molecule has 0 heterocycles. The molecule has 0 aliphatic heterocycles. The minimum Gasteiger partial charge on any atom is -0.655 e. The third-order valence-corrected chi connectivity index (χ3v) is 2.92. The van der Waals surface area contributed by atoms with Gasteiger partial charge in [0.15, 0.2) is 0 Å². The van der Waals surface area contributed by atoms with Crippen LogP contribution in [0.3, 0.4) is 0 Å². The normalized spacial score (nSPS) is 20.9. The summed E-state index contributed by atoms with van der Waals surface area (Å²) in [7, 11) is 1.49. The highest BCUT2D eigenvalue weighted by atomic mass is 19.4. The van der Waals surface area contributed by atoms with Crippen LogP contribution in [0.4, 0.5) is 13.2 Å². The molecule has 0 amide bonds. The molecule has 1 aromatic carbocycles. The Hall–Kier alpha value is -1.60. The highest BCUT2D eigenvalue weighted by Crippen LogP contribution is 2.47. The molecule has 0 saturated heterocycles. The molecule has 0 radical (unpaired) electrons. The Bertz CT molecular complexity index is 443. The van der Waals surface area contributed by atoms with Crippen LogP contribution < -0.4 is 0 Å². The quantitative estimate of drug-likeness (QED) is 0.925. The van der Waals surface area contributed by atoms with Gasteiger partial charge in [-0.2, -0.15) is 13.2 Å². The van der Waals surface area contributed by atoms with Crippen LogP contribution in [0.1, 0.15) is 23.5 Å². The van der Waals surface area contributed by atoms with E-state index in [1.54, 1.807) is 0 Å². The number of benzene rings is 1. The van der Waals surface area contributed by atoms with Crippen LogP contribution in [0.5, 0.6) is 0 Å². The molecule has 1 aliphatic carbocycles. The van der Waals surface area contributed by atoms with Crippen LogP contribution in [0.2, 0.25) is 0 Å². The van der Waals surface area contributed by atoms with E-state index in [1.165, 1.54) is 19.2 Å². The number of carboxylic acids is 1. The van der Waals surface area contributed by atoms with Crippen molar-refractivity contribution in [1.29, 1.82) is 0 Å². The number of ether oxygens (including phenoxy) is 1. The van der Waals surface area contributed by atoms with Crippen LogP contribution >= 0.6 is 0 Å². The molecule has 1 aromatic rings. The van der Waals surface area contributed by atoms with Gasteiger partial charge in [-0.1, -0.05) is 12.1 Å². The standard InChI is InChI=1S/C11H9F3O2.C2H6NO/c12-11(13,14)7-3-1-6(2-4-7)8-5-9(8)10(15)16;1-4-2-3/h1-4,8-9H,5H2,(H,15,16);3H,2H2,1H3/q;-1. The van der Waals surface area contributed by atoms with Crippen LogP contribution in [0.25, 0.3) is 5.73 Å². The maximum Gasteiger partial charge on any atom is 0.416 e. The fourth-order valence-corrected chi connectivity index (χ4v) is 1.76. The highest BCUT2D eigenvalue weighted by Gasteiger charge is 2.44. The third kappa shape index (κ3) is 4.50. The Morgan fingerprint density at radius 1 is 1.40 bits per heavy atom. The second kappa shape index (κ2) is 6.71. The predicted octanol–water partition coefficient (Wildman–Crippen LogP) is 3.54. The largest absolute Gasteiger partial charge is 0.655 e. The van der Waals surface area contributed by atoms with E-state index in [0.29, 0.717) is 12.0 Å². The lowest BCUT2D eigenvalue weighted by Crippen LogP contribution is -2.04. The van der Waals surface area contributed by atoms with Crippen molar-refractivity contribution in [1.82, 2.24) is 0 Å². The van der Waals surface area contributed by atoms with Crippen LogP contribution in [-0.2, 0) is 15.7 Å². The lowest BCUT2D eigenvalue weighted by atomic mass is 10.1. The van der Waals surface area contributed by atoms with Crippen molar-refractivity contribution < 1.29 is 27.8 Å². The zero-order valence-electron chi connectivity index (χ0n) is 10.8. The van der Waals surface area contributed by atoms with Crippen molar-refractivity contribution in [2.45, 2.75) is 18.5 Å². The number of hydrogen-bond donors (Lipinski definition) is 1. The number of nitrogens with one attached hydrogen (secondary N) is 1. The maximum atomic E-state index is 12.2. The topological polar surface area (TPSA) is 70.3 Å². The van der Waals surface area contributed by atoms with Gasteiger partial charge in [-0.15, -0.1) is 0 Å². The fraction of sp³-hybridized carbons (Fsp3) is 0.462. The molecule has 20 heavy (non-hydrogen) atoms. The van der Waals surface area contributed by atoms with Crippen molar-refractivity contribution in [3.8, 4) is 0 Å². The number of hydrogen-bond acceptors (Lipinski definition) is 2. The van der Waals surface area contributed by atoms with E-state index in [9.17, 15) is 18.0 Å². The monoisotopic (exact) mass is 290 g/mol. The van der Waals surface area contributed by atoms with Gasteiger partial charge in [0.05, 0.1) is 11.5 Å². The van der Waals surface area contributed by atoms with E-state index in [2.05, 4.69) is 4.74 Å². The first-order chi connectivity index (χ1) is 9.31. The van der Waals surface area contributed by atoms with E-state index in [-0.39, 0.29) is 12.6 Å². The zero-order valence-corrected chi connectivity index (χ0v) is 10.8. The summed E-state index contributed by atoms with van der Waals surface area (Å²) in [5.41, 5.74) is 6.19. The van der Waals surface area contributed by atoms with Gasteiger partial charge in [-0.25, -0.2) is 0 Å². The van der Waals surface area contributed by atoms with E-state index >= 15 is 0 Å². The molecule has 1 fully saturated rings. The Balaban J connectivity index is 0.000000444. The first-order valence-corrected chi connectivity index (χ1v) is 5.84. The molecule has 2 unspecified atom stereocenters. The van der Waals surface area contributed by atoms with Crippen molar-refractivity contribution in [2.75, 3.05) is 13.8 Å². The summed E-state index contributed by atoms with van der Waals surface area (Å²) >= 11 is 0. The second-order valence-electron chi connectivity index (χ2n) is 4.34. The van der Waals surface area contributed by atoms with Crippen LogP contribution in [0, 0.1) is 5.92 Å². The number of aliphatic carboxylic acids is 1. The number of carboxylic acid groups (broad SMARTS) is 1. The Labute approximate surface area is 114 Å². The average molecular weight is 290 g/mol. The summed E-state index contributed by atoms with van der Waals surface area (Å²) < 4.78 is 40.9. The lowest BCUT2D eigenvalue weighted by molar-refractivity contribution is -0.139. The minimum absolute atomic E-state index is 0.0694. The van der Waals surface area contributed by atoms with Crippen molar-refractivity contribution >= 4 is 5.97 Å². The Morgan fingerprint density at radius 3 is 2.20 bits per heavy atom. The molecular formula is C13H15F3NO3-. The summed E-state index contributed by atoms with van der Waals surface area (Å²) in [5.74, 6) is -1.44. The molecule has 112 valence electrons. The van der Waals surface area contributed by atoms with Crippen molar-refractivity contribution in [3.63, 3.8) is 0 Å². The molecule has 2 rings (SSSR count). The molecule has 4 nitrogen and oxygen atoms in total. The van der Waals surface area contributed by atoms with Crippen LogP contribution in [0.15, 0.2) is 24.3 Å². The van der Waals surface area contributed by atoms with Crippen molar-refractivity contribution in [3.05, 3.63) is 41.1 Å². The molecule has 1 aliphatic rings. The van der Waals surface area contributed by atoms with Gasteiger partial charge < -0.3 is 15.6 Å². The molecular weight excluding hydrogens is 275 g/mol. The Morgan fingerprint density at radius 2 is 1.90 bits per heavy atom. The average Bonchev–Trinajstić information content (AvgIpc) is 3.18. The molecule has 1 saturated carbocycles. The van der Waals surface area contributed by atoms with Gasteiger partial charge in [0.1, 0.15) is 0 Å². The first-order valence-electron chi connectivity index (χ1n) is 5.84. The summed E-state index contributed by atoms with van der Waals surface area (Å²) in [6, 6.07) is 4.70. The van der Waals surface area contributed by atoms with Gasteiger partial charge in [0.25, 0.3) is 0 Å². The predicted molar refractivity (Wildman–Crippen MR) is 66.1 cm³/mol. The summed E-state index contributed by atoms with van der Waals surface area (Å²) in [6.07, 6.45) is -3.82. The van der Waals surface area contributed by atoms with E-state index in [4.69, 9.17) is 10.8 Å². The SMILES string of the molecule is COC[NH-].O=C(O)C1CC1c1ccc(C(F)(F)F)cc1.